The van der Waals surface area contributed by atoms with Crippen molar-refractivity contribution >= 4 is 34.5 Å². The van der Waals surface area contributed by atoms with E-state index >= 15 is 0 Å². The van der Waals surface area contributed by atoms with Crippen LogP contribution in [-0.4, -0.2) is 23.7 Å². The number of ether oxygens (including phenoxy) is 1. The first-order valence-electron chi connectivity index (χ1n) is 6.45. The first-order valence-corrected chi connectivity index (χ1v) is 6.86. The molecule has 1 aliphatic rings. The van der Waals surface area contributed by atoms with E-state index in [1.54, 1.807) is 7.11 Å². The quantitative estimate of drug-likeness (QED) is 0.662. The average molecular weight is 291 g/mol. The molecule has 0 saturated heterocycles. The Labute approximate surface area is 123 Å². The van der Waals surface area contributed by atoms with Crippen molar-refractivity contribution in [3.05, 3.63) is 24.3 Å². The molecule has 0 unspecified atom stereocenters. The van der Waals surface area contributed by atoms with Crippen LogP contribution < -0.4 is 15.5 Å². The lowest BCUT2D eigenvalue weighted by Gasteiger charge is -2.13. The van der Waals surface area contributed by atoms with Crippen molar-refractivity contribution in [2.24, 2.45) is 5.10 Å². The number of methoxy groups -OCH3 is 1. The summed E-state index contributed by atoms with van der Waals surface area (Å²) in [6.07, 6.45) is 2.81. The highest BCUT2D eigenvalue weighted by atomic mass is 32.1. The maximum Gasteiger partial charge on any atom is 0.191 e. The summed E-state index contributed by atoms with van der Waals surface area (Å²) in [5.41, 5.74) is 4.49. The summed E-state index contributed by atoms with van der Waals surface area (Å²) < 4.78 is 5.08. The van der Waals surface area contributed by atoms with Gasteiger partial charge in [-0.15, -0.1) is 0 Å². The van der Waals surface area contributed by atoms with Crippen molar-refractivity contribution in [3.8, 4) is 5.75 Å². The molecule has 0 atom stereocenters. The van der Waals surface area contributed by atoms with E-state index in [0.29, 0.717) is 18.0 Å². The van der Waals surface area contributed by atoms with Gasteiger partial charge in [-0.1, -0.05) is 0 Å². The van der Waals surface area contributed by atoms with Gasteiger partial charge in [0.1, 0.15) is 11.5 Å². The van der Waals surface area contributed by atoms with Crippen molar-refractivity contribution in [1.82, 2.24) is 5.43 Å². The van der Waals surface area contributed by atoms with Gasteiger partial charge in [-0.25, -0.2) is 0 Å². The number of ketones is 1. The molecule has 1 saturated carbocycles. The highest BCUT2D eigenvalue weighted by Gasteiger charge is 2.14. The van der Waals surface area contributed by atoms with Gasteiger partial charge in [0, 0.05) is 24.2 Å². The first kappa shape index (κ1) is 14.5. The molecule has 0 aromatic heterocycles. The van der Waals surface area contributed by atoms with Gasteiger partial charge < -0.3 is 10.1 Å². The first-order chi connectivity index (χ1) is 9.67. The van der Waals surface area contributed by atoms with Gasteiger partial charge in [0.05, 0.1) is 7.11 Å². The number of carbonyl (C=O) groups excluding carboxylic acids is 1. The monoisotopic (exact) mass is 291 g/mol. The summed E-state index contributed by atoms with van der Waals surface area (Å²) in [4.78, 5) is 11.3. The van der Waals surface area contributed by atoms with Gasteiger partial charge in [-0.05, 0) is 49.3 Å². The van der Waals surface area contributed by atoms with E-state index in [1.165, 1.54) is 0 Å². The molecule has 1 aromatic rings. The smallest absolute Gasteiger partial charge is 0.191 e. The highest BCUT2D eigenvalue weighted by molar-refractivity contribution is 7.80. The molecular formula is C14H17N3O2S. The Hall–Kier alpha value is -1.95. The van der Waals surface area contributed by atoms with E-state index < -0.39 is 0 Å². The van der Waals surface area contributed by atoms with E-state index in [0.717, 1.165) is 30.0 Å². The largest absolute Gasteiger partial charge is 0.497 e. The lowest BCUT2D eigenvalue weighted by Crippen LogP contribution is -2.26. The number of nitrogens with zero attached hydrogens (tertiary/aromatic N) is 1. The van der Waals surface area contributed by atoms with Crippen molar-refractivity contribution in [1.29, 1.82) is 0 Å². The molecule has 0 radical (unpaired) electrons. The second-order valence-electron chi connectivity index (χ2n) is 4.54. The summed E-state index contributed by atoms with van der Waals surface area (Å²) in [5, 5.41) is 7.60. The highest BCUT2D eigenvalue weighted by Crippen LogP contribution is 2.15. The van der Waals surface area contributed by atoms with E-state index in [9.17, 15) is 4.79 Å². The molecule has 0 heterocycles. The van der Waals surface area contributed by atoms with Crippen molar-refractivity contribution in [2.45, 2.75) is 25.7 Å². The van der Waals surface area contributed by atoms with Crippen LogP contribution in [0.1, 0.15) is 25.7 Å². The minimum Gasteiger partial charge on any atom is -0.497 e. The Morgan fingerprint density at radius 3 is 2.70 bits per heavy atom. The van der Waals surface area contributed by atoms with Gasteiger partial charge in [-0.2, -0.15) is 5.10 Å². The molecule has 0 amide bonds. The maximum absolute atomic E-state index is 11.3. The molecule has 6 heteroatoms. The molecule has 0 spiro atoms. The van der Waals surface area contributed by atoms with Crippen molar-refractivity contribution in [3.63, 3.8) is 0 Å². The van der Waals surface area contributed by atoms with Gasteiger partial charge in [0.15, 0.2) is 5.11 Å². The zero-order chi connectivity index (χ0) is 14.4. The fourth-order valence-electron chi connectivity index (χ4n) is 1.95. The Kier molecular flexibility index (Phi) is 5.06. The summed E-state index contributed by atoms with van der Waals surface area (Å²) in [7, 11) is 1.62. The van der Waals surface area contributed by atoms with Gasteiger partial charge in [-0.3, -0.25) is 10.2 Å². The molecule has 106 valence electrons. The Bertz CT molecular complexity index is 526. The second-order valence-corrected chi connectivity index (χ2v) is 4.95. The van der Waals surface area contributed by atoms with E-state index in [-0.39, 0.29) is 5.78 Å². The molecule has 20 heavy (non-hydrogen) atoms. The number of nitrogens with one attached hydrogen (secondary N) is 2. The third kappa shape index (κ3) is 4.31. The molecule has 1 aromatic carbocycles. The Balaban J connectivity index is 1.85. The van der Waals surface area contributed by atoms with Crippen LogP contribution in [0.2, 0.25) is 0 Å². The number of hydrogen-bond donors (Lipinski definition) is 2. The lowest BCUT2D eigenvalue weighted by molar-refractivity contribution is -0.118. The number of carbonyl (C=O) groups is 1. The normalized spacial score (nSPS) is 16.9. The molecule has 0 bridgehead atoms. The van der Waals surface area contributed by atoms with Crippen LogP contribution in [0, 0.1) is 0 Å². The summed E-state index contributed by atoms with van der Waals surface area (Å²) in [6.45, 7) is 0. The summed E-state index contributed by atoms with van der Waals surface area (Å²) in [6, 6.07) is 7.42. The van der Waals surface area contributed by atoms with E-state index in [4.69, 9.17) is 17.0 Å². The Morgan fingerprint density at radius 2 is 2.05 bits per heavy atom. The lowest BCUT2D eigenvalue weighted by atomic mass is 9.97. The van der Waals surface area contributed by atoms with Crippen LogP contribution in [0.4, 0.5) is 5.69 Å². The van der Waals surface area contributed by atoms with Crippen LogP contribution in [0.25, 0.3) is 0 Å². The van der Waals surface area contributed by atoms with Crippen LogP contribution in [-0.2, 0) is 4.79 Å². The van der Waals surface area contributed by atoms with Crippen molar-refractivity contribution in [2.75, 3.05) is 12.4 Å². The van der Waals surface area contributed by atoms with E-state index in [1.807, 2.05) is 24.3 Å². The molecule has 1 aliphatic carbocycles. The van der Waals surface area contributed by atoms with Crippen LogP contribution in [0.5, 0.6) is 5.75 Å². The number of rotatable bonds is 3. The minimum absolute atomic E-state index is 0.242. The fourth-order valence-corrected chi connectivity index (χ4v) is 2.12. The van der Waals surface area contributed by atoms with Gasteiger partial charge in [0.2, 0.25) is 0 Å². The third-order valence-electron chi connectivity index (χ3n) is 2.99. The zero-order valence-corrected chi connectivity index (χ0v) is 12.1. The number of Topliss-reactive ketones (excluding diaryl/α,β-unsaturated/α-hetero) is 1. The Morgan fingerprint density at radius 1 is 1.30 bits per heavy atom. The molecule has 5 nitrogen and oxygen atoms in total. The van der Waals surface area contributed by atoms with Gasteiger partial charge in [0.25, 0.3) is 0 Å². The summed E-state index contributed by atoms with van der Waals surface area (Å²) >= 11 is 5.15. The van der Waals surface area contributed by atoms with Crippen LogP contribution >= 0.6 is 12.2 Å². The second kappa shape index (κ2) is 7.00. The van der Waals surface area contributed by atoms with E-state index in [2.05, 4.69) is 15.8 Å². The third-order valence-corrected chi connectivity index (χ3v) is 3.18. The van der Waals surface area contributed by atoms with Gasteiger partial charge >= 0.3 is 0 Å². The van der Waals surface area contributed by atoms with Crippen molar-refractivity contribution < 1.29 is 9.53 Å². The number of hydrazone groups is 1. The molecule has 0 aliphatic heterocycles. The minimum atomic E-state index is 0.242. The number of thiocarbonyl (C=S) groups is 1. The number of hydrogen-bond acceptors (Lipinski definition) is 4. The maximum atomic E-state index is 11.3. The summed E-state index contributed by atoms with van der Waals surface area (Å²) in [5.74, 6) is 1.03. The average Bonchev–Trinajstić information content (AvgIpc) is 2.46. The molecule has 2 rings (SSSR count). The topological polar surface area (TPSA) is 62.7 Å². The fraction of sp³-hybridized carbons (Fsp3) is 0.357. The predicted octanol–water partition coefficient (Wildman–Crippen LogP) is 2.48. The SMILES string of the molecule is COc1ccc(NC(=S)N/N=C2\CCCC(=O)C2)cc1. The predicted molar refractivity (Wildman–Crippen MR) is 83.3 cm³/mol. The van der Waals surface area contributed by atoms with Crippen LogP contribution in [0.3, 0.4) is 0 Å². The molecule has 2 N–H and O–H groups in total. The standard InChI is InChI=1S/C14H17N3O2S/c1-19-13-7-5-10(6-8-13)15-14(20)17-16-11-3-2-4-12(18)9-11/h5-8H,2-4,9H2,1H3,(H2,15,17,20)/b16-11+. The molecular weight excluding hydrogens is 274 g/mol. The zero-order valence-electron chi connectivity index (χ0n) is 11.3. The van der Waals surface area contributed by atoms with Crippen LogP contribution in [0.15, 0.2) is 29.4 Å². The molecule has 1 fully saturated rings. The number of benzene rings is 1. The number of anilines is 1.